The van der Waals surface area contributed by atoms with Crippen LogP contribution in [0.1, 0.15) is 37.2 Å². The molecule has 2 aromatic carbocycles. The summed E-state index contributed by atoms with van der Waals surface area (Å²) in [5.74, 6) is -2.23. The highest BCUT2D eigenvalue weighted by Gasteiger charge is 2.35. The lowest BCUT2D eigenvalue weighted by Gasteiger charge is -2.29. The Balaban J connectivity index is 1.76. The third-order valence-electron chi connectivity index (χ3n) is 4.51. The van der Waals surface area contributed by atoms with Crippen molar-refractivity contribution in [2.45, 2.75) is 30.9 Å². The Morgan fingerprint density at radius 1 is 1.00 bits per heavy atom. The maximum atomic E-state index is 14.0. The molecule has 1 saturated heterocycles. The molecule has 0 amide bonds. The van der Waals surface area contributed by atoms with E-state index >= 15 is 0 Å². The molecule has 2 nitrogen and oxygen atoms in total. The van der Waals surface area contributed by atoms with Crippen molar-refractivity contribution in [3.8, 4) is 11.1 Å². The van der Waals surface area contributed by atoms with Crippen molar-refractivity contribution < 1.29 is 27.0 Å². The molecule has 0 bridgehead atoms. The first-order valence-corrected chi connectivity index (χ1v) is 9.48. The van der Waals surface area contributed by atoms with Crippen LogP contribution in [0.25, 0.3) is 11.1 Å². The smallest absolute Gasteiger partial charge is 0.332 e. The Hall–Kier alpha value is -1.44. The monoisotopic (exact) mass is 446 g/mol. The molecule has 1 fully saturated rings. The summed E-state index contributed by atoms with van der Waals surface area (Å²) >= 11 is 2.00. The zero-order valence-corrected chi connectivity index (χ0v) is 16.2. The molecular formula is C20H19BrF4O2. The molecule has 1 aliphatic heterocycles. The van der Waals surface area contributed by atoms with E-state index < -0.39 is 28.3 Å². The Bertz CT molecular complexity index is 759. The second-order valence-electron chi connectivity index (χ2n) is 6.59. The SMILES string of the molecule is CCCC1COC(c2ccc(-c3cc(F)c(C(F)(F)Br)c(F)c3)cc2)OC1. The van der Waals surface area contributed by atoms with Crippen LogP contribution in [0.2, 0.25) is 0 Å². The molecule has 146 valence electrons. The van der Waals surface area contributed by atoms with Gasteiger partial charge in [-0.3, -0.25) is 0 Å². The fraction of sp³-hybridized carbons (Fsp3) is 0.400. The van der Waals surface area contributed by atoms with E-state index in [2.05, 4.69) is 6.92 Å². The van der Waals surface area contributed by atoms with Crippen molar-refractivity contribution in [2.24, 2.45) is 5.92 Å². The molecular weight excluding hydrogens is 428 g/mol. The maximum absolute atomic E-state index is 14.0. The minimum atomic E-state index is -3.77. The van der Waals surface area contributed by atoms with Crippen molar-refractivity contribution >= 4 is 15.9 Å². The molecule has 7 heteroatoms. The van der Waals surface area contributed by atoms with Crippen LogP contribution >= 0.6 is 15.9 Å². The molecule has 3 rings (SSSR count). The van der Waals surface area contributed by atoms with Crippen molar-refractivity contribution in [1.29, 1.82) is 0 Å². The van der Waals surface area contributed by atoms with E-state index in [9.17, 15) is 17.6 Å². The zero-order valence-electron chi connectivity index (χ0n) is 14.7. The van der Waals surface area contributed by atoms with Gasteiger partial charge < -0.3 is 9.47 Å². The Morgan fingerprint density at radius 3 is 2.04 bits per heavy atom. The predicted octanol–water partition coefficient (Wildman–Crippen LogP) is 6.54. The number of ether oxygens (including phenoxy) is 2. The molecule has 1 aliphatic rings. The van der Waals surface area contributed by atoms with Gasteiger partial charge in [-0.1, -0.05) is 37.6 Å². The van der Waals surface area contributed by atoms with Gasteiger partial charge in [-0.15, -0.1) is 0 Å². The highest BCUT2D eigenvalue weighted by atomic mass is 79.9. The lowest BCUT2D eigenvalue weighted by atomic mass is 10.0. The molecule has 2 aromatic rings. The van der Waals surface area contributed by atoms with Crippen LogP contribution in [0.4, 0.5) is 17.6 Å². The van der Waals surface area contributed by atoms with Gasteiger partial charge in [-0.2, -0.15) is 8.78 Å². The van der Waals surface area contributed by atoms with Gasteiger partial charge in [0.15, 0.2) is 6.29 Å². The summed E-state index contributed by atoms with van der Waals surface area (Å²) in [4.78, 5) is -3.77. The van der Waals surface area contributed by atoms with E-state index in [1.165, 1.54) is 0 Å². The summed E-state index contributed by atoms with van der Waals surface area (Å²) in [7, 11) is 0. The van der Waals surface area contributed by atoms with Crippen LogP contribution in [0.15, 0.2) is 36.4 Å². The topological polar surface area (TPSA) is 18.5 Å². The van der Waals surface area contributed by atoms with Gasteiger partial charge in [-0.25, -0.2) is 8.78 Å². The standard InChI is InChI=1S/C20H19BrF4O2/c1-2-3-12-10-26-19(27-11-12)14-6-4-13(5-7-14)15-8-16(22)18(17(23)9-15)20(21,24)25/h4-9,12,19H,2-3,10-11H2,1H3. The highest BCUT2D eigenvalue weighted by Crippen LogP contribution is 2.39. The number of hydrogen-bond donors (Lipinski definition) is 0. The second-order valence-corrected chi connectivity index (χ2v) is 7.58. The summed E-state index contributed by atoms with van der Waals surface area (Å²) in [5, 5.41) is 0. The van der Waals surface area contributed by atoms with E-state index in [1.54, 1.807) is 24.3 Å². The summed E-state index contributed by atoms with van der Waals surface area (Å²) < 4.78 is 65.9. The molecule has 0 aromatic heterocycles. The molecule has 0 atom stereocenters. The number of rotatable bonds is 5. The first-order chi connectivity index (χ1) is 12.8. The molecule has 0 radical (unpaired) electrons. The third-order valence-corrected chi connectivity index (χ3v) is 4.90. The van der Waals surface area contributed by atoms with Gasteiger partial charge in [0.1, 0.15) is 17.2 Å². The molecule has 0 aliphatic carbocycles. The predicted molar refractivity (Wildman–Crippen MR) is 97.7 cm³/mol. The van der Waals surface area contributed by atoms with Gasteiger partial charge in [0, 0.05) is 11.5 Å². The van der Waals surface area contributed by atoms with Gasteiger partial charge in [-0.05, 0) is 45.6 Å². The Kier molecular flexibility index (Phi) is 6.23. The fourth-order valence-corrected chi connectivity index (χ4v) is 3.53. The average Bonchev–Trinajstić information content (AvgIpc) is 2.61. The minimum Gasteiger partial charge on any atom is -0.348 e. The van der Waals surface area contributed by atoms with Crippen molar-refractivity contribution in [1.82, 2.24) is 0 Å². The minimum absolute atomic E-state index is 0.172. The summed E-state index contributed by atoms with van der Waals surface area (Å²) in [5.41, 5.74) is 0.165. The molecule has 0 saturated carbocycles. The quantitative estimate of drug-likeness (QED) is 0.383. The van der Waals surface area contributed by atoms with Crippen molar-refractivity contribution in [2.75, 3.05) is 13.2 Å². The number of benzene rings is 2. The lowest BCUT2D eigenvalue weighted by molar-refractivity contribution is -0.206. The van der Waals surface area contributed by atoms with Crippen LogP contribution < -0.4 is 0 Å². The van der Waals surface area contributed by atoms with Crippen LogP contribution in [0.3, 0.4) is 0 Å². The average molecular weight is 447 g/mol. The Labute approximate surface area is 163 Å². The molecule has 27 heavy (non-hydrogen) atoms. The van der Waals surface area contributed by atoms with E-state index in [1.807, 2.05) is 15.9 Å². The first-order valence-electron chi connectivity index (χ1n) is 8.69. The zero-order chi connectivity index (χ0) is 19.6. The summed E-state index contributed by atoms with van der Waals surface area (Å²) in [6.07, 6.45) is 1.64. The van der Waals surface area contributed by atoms with Crippen LogP contribution in [-0.2, 0) is 14.3 Å². The van der Waals surface area contributed by atoms with Crippen LogP contribution in [0.5, 0.6) is 0 Å². The normalized spacial score (nSPS) is 20.7. The summed E-state index contributed by atoms with van der Waals surface area (Å²) in [6.45, 7) is 3.36. The number of halogens is 5. The van der Waals surface area contributed by atoms with E-state index in [0.29, 0.717) is 24.7 Å². The van der Waals surface area contributed by atoms with E-state index in [0.717, 1.165) is 30.5 Å². The lowest BCUT2D eigenvalue weighted by Crippen LogP contribution is -2.26. The van der Waals surface area contributed by atoms with Crippen LogP contribution in [-0.4, -0.2) is 13.2 Å². The number of alkyl halides is 3. The van der Waals surface area contributed by atoms with Crippen molar-refractivity contribution in [3.63, 3.8) is 0 Å². The van der Waals surface area contributed by atoms with E-state index in [4.69, 9.17) is 9.47 Å². The first kappa shape index (κ1) is 20.3. The number of hydrogen-bond acceptors (Lipinski definition) is 2. The van der Waals surface area contributed by atoms with E-state index in [-0.39, 0.29) is 5.56 Å². The third kappa shape index (κ3) is 4.70. The van der Waals surface area contributed by atoms with Crippen molar-refractivity contribution in [3.05, 3.63) is 59.2 Å². The molecule has 1 heterocycles. The second kappa shape index (κ2) is 8.29. The Morgan fingerprint density at radius 2 is 1.56 bits per heavy atom. The van der Waals surface area contributed by atoms with Gasteiger partial charge in [0.2, 0.25) is 0 Å². The fourth-order valence-electron chi connectivity index (χ4n) is 3.15. The van der Waals surface area contributed by atoms with Gasteiger partial charge >= 0.3 is 4.83 Å². The largest absolute Gasteiger partial charge is 0.348 e. The molecule has 0 unspecified atom stereocenters. The van der Waals surface area contributed by atoms with Gasteiger partial charge in [0.05, 0.1) is 13.2 Å². The highest BCUT2D eigenvalue weighted by molar-refractivity contribution is 9.09. The van der Waals surface area contributed by atoms with Gasteiger partial charge in [0.25, 0.3) is 0 Å². The van der Waals surface area contributed by atoms with Crippen LogP contribution in [0, 0.1) is 17.6 Å². The molecule has 0 N–H and O–H groups in total. The summed E-state index contributed by atoms with van der Waals surface area (Å²) in [6, 6.07) is 8.57. The maximum Gasteiger partial charge on any atom is 0.332 e. The molecule has 0 spiro atoms.